The highest BCUT2D eigenvalue weighted by Crippen LogP contribution is 2.16. The third kappa shape index (κ3) is 4.49. The summed E-state index contributed by atoms with van der Waals surface area (Å²) in [6.45, 7) is 8.26. The van der Waals surface area contributed by atoms with Crippen molar-refractivity contribution in [1.29, 1.82) is 0 Å². The molecule has 3 heteroatoms. The second-order valence-electron chi connectivity index (χ2n) is 4.67. The number of hydrogen-bond donors (Lipinski definition) is 2. The van der Waals surface area contributed by atoms with Gasteiger partial charge in [-0.25, -0.2) is 0 Å². The van der Waals surface area contributed by atoms with Gasteiger partial charge in [0.25, 0.3) is 0 Å². The van der Waals surface area contributed by atoms with Crippen LogP contribution in [-0.2, 0) is 4.74 Å². The molecule has 0 aromatic rings. The quantitative estimate of drug-likeness (QED) is 0.673. The van der Waals surface area contributed by atoms with Gasteiger partial charge in [0.1, 0.15) is 0 Å². The molecule has 0 bridgehead atoms. The minimum absolute atomic E-state index is 0.586. The predicted octanol–water partition coefficient (Wildman–Crippen LogP) is 1.38. The van der Waals surface area contributed by atoms with Crippen LogP contribution in [-0.4, -0.2) is 32.3 Å². The molecule has 0 aromatic heterocycles. The molecule has 1 heterocycles. The van der Waals surface area contributed by atoms with Crippen LogP contribution in [0.3, 0.4) is 0 Å². The average Bonchev–Trinajstić information content (AvgIpc) is 2.77. The molecule has 0 spiro atoms. The van der Waals surface area contributed by atoms with Gasteiger partial charge in [0, 0.05) is 12.6 Å². The van der Waals surface area contributed by atoms with Crippen molar-refractivity contribution >= 4 is 0 Å². The Bertz CT molecular complexity index is 154. The minimum atomic E-state index is 0.586. The molecule has 3 nitrogen and oxygen atoms in total. The smallest absolute Gasteiger partial charge is 0.0509 e. The summed E-state index contributed by atoms with van der Waals surface area (Å²) in [4.78, 5) is 0. The molecule has 1 fully saturated rings. The highest BCUT2D eigenvalue weighted by atomic mass is 16.5. The van der Waals surface area contributed by atoms with Gasteiger partial charge in [-0.05, 0) is 44.7 Å². The van der Waals surface area contributed by atoms with Crippen LogP contribution < -0.4 is 11.1 Å². The van der Waals surface area contributed by atoms with Gasteiger partial charge in [-0.2, -0.15) is 0 Å². The Hall–Kier alpha value is -0.120. The number of nitrogens with two attached hydrogens (primary N) is 1. The number of ether oxygens (including phenoxy) is 1. The molecular weight excluding hydrogens is 188 g/mol. The van der Waals surface area contributed by atoms with Crippen molar-refractivity contribution in [3.05, 3.63) is 0 Å². The van der Waals surface area contributed by atoms with Gasteiger partial charge in [0.2, 0.25) is 0 Å². The van der Waals surface area contributed by atoms with Crippen molar-refractivity contribution in [3.8, 4) is 0 Å². The standard InChI is InChI=1S/C12H26N2O/c1-3-11(8-13)4-6-14-10(2)12-5-7-15-9-12/h10-12,14H,3-9,13H2,1-2H3. The van der Waals surface area contributed by atoms with E-state index in [0.29, 0.717) is 17.9 Å². The van der Waals surface area contributed by atoms with E-state index in [0.717, 1.165) is 26.3 Å². The molecule has 1 saturated heterocycles. The Morgan fingerprint density at radius 2 is 2.33 bits per heavy atom. The molecule has 1 rings (SSSR count). The van der Waals surface area contributed by atoms with Crippen molar-refractivity contribution < 1.29 is 4.74 Å². The first kappa shape index (κ1) is 12.9. The summed E-state index contributed by atoms with van der Waals surface area (Å²) in [6.07, 6.45) is 3.60. The summed E-state index contributed by atoms with van der Waals surface area (Å²) >= 11 is 0. The molecule has 0 aromatic carbocycles. The molecule has 3 N–H and O–H groups in total. The molecule has 1 aliphatic rings. The van der Waals surface area contributed by atoms with E-state index in [1.807, 2.05) is 0 Å². The van der Waals surface area contributed by atoms with Crippen molar-refractivity contribution in [2.75, 3.05) is 26.3 Å². The minimum Gasteiger partial charge on any atom is -0.381 e. The van der Waals surface area contributed by atoms with E-state index in [1.54, 1.807) is 0 Å². The average molecular weight is 214 g/mol. The Balaban J connectivity index is 2.07. The molecule has 1 aliphatic heterocycles. The summed E-state index contributed by atoms with van der Waals surface area (Å²) in [6, 6.07) is 0.586. The third-order valence-corrected chi connectivity index (χ3v) is 3.60. The summed E-state index contributed by atoms with van der Waals surface area (Å²) < 4.78 is 5.39. The molecule has 15 heavy (non-hydrogen) atoms. The van der Waals surface area contributed by atoms with E-state index in [2.05, 4.69) is 19.2 Å². The van der Waals surface area contributed by atoms with Crippen LogP contribution in [0.15, 0.2) is 0 Å². The van der Waals surface area contributed by atoms with Crippen LogP contribution in [0.5, 0.6) is 0 Å². The largest absolute Gasteiger partial charge is 0.381 e. The second-order valence-corrected chi connectivity index (χ2v) is 4.67. The zero-order valence-corrected chi connectivity index (χ0v) is 10.2. The van der Waals surface area contributed by atoms with E-state index in [1.165, 1.54) is 19.3 Å². The van der Waals surface area contributed by atoms with Crippen LogP contribution in [0.2, 0.25) is 0 Å². The maximum Gasteiger partial charge on any atom is 0.0509 e. The Labute approximate surface area is 93.8 Å². The molecule has 0 radical (unpaired) electrons. The van der Waals surface area contributed by atoms with E-state index in [-0.39, 0.29) is 0 Å². The SMILES string of the molecule is CCC(CN)CCNC(C)C1CCOC1. The molecule has 3 unspecified atom stereocenters. The molecule has 90 valence electrons. The number of hydrogen-bond acceptors (Lipinski definition) is 3. The fraction of sp³-hybridized carbons (Fsp3) is 1.00. The van der Waals surface area contributed by atoms with Gasteiger partial charge in [0.15, 0.2) is 0 Å². The van der Waals surface area contributed by atoms with E-state index in [4.69, 9.17) is 10.5 Å². The lowest BCUT2D eigenvalue weighted by Gasteiger charge is -2.20. The van der Waals surface area contributed by atoms with Gasteiger partial charge >= 0.3 is 0 Å². The highest BCUT2D eigenvalue weighted by molar-refractivity contribution is 4.75. The lowest BCUT2D eigenvalue weighted by Crippen LogP contribution is -2.35. The zero-order chi connectivity index (χ0) is 11.1. The Morgan fingerprint density at radius 3 is 2.87 bits per heavy atom. The highest BCUT2D eigenvalue weighted by Gasteiger charge is 2.21. The maximum atomic E-state index is 5.67. The normalized spacial score (nSPS) is 25.4. The van der Waals surface area contributed by atoms with Gasteiger partial charge in [-0.3, -0.25) is 0 Å². The summed E-state index contributed by atoms with van der Waals surface area (Å²) in [5.41, 5.74) is 5.67. The van der Waals surface area contributed by atoms with Crippen molar-refractivity contribution in [2.24, 2.45) is 17.6 Å². The van der Waals surface area contributed by atoms with Gasteiger partial charge in [-0.1, -0.05) is 13.3 Å². The van der Waals surface area contributed by atoms with Crippen LogP contribution >= 0.6 is 0 Å². The van der Waals surface area contributed by atoms with Crippen molar-refractivity contribution in [1.82, 2.24) is 5.32 Å². The van der Waals surface area contributed by atoms with Crippen LogP contribution in [0.1, 0.15) is 33.1 Å². The van der Waals surface area contributed by atoms with Gasteiger partial charge in [-0.15, -0.1) is 0 Å². The van der Waals surface area contributed by atoms with E-state index in [9.17, 15) is 0 Å². The Kier molecular flexibility index (Phi) is 6.22. The molecule has 0 saturated carbocycles. The summed E-state index contributed by atoms with van der Waals surface area (Å²) in [7, 11) is 0. The first-order valence-corrected chi connectivity index (χ1v) is 6.29. The van der Waals surface area contributed by atoms with Gasteiger partial charge < -0.3 is 15.8 Å². The van der Waals surface area contributed by atoms with Crippen molar-refractivity contribution in [3.63, 3.8) is 0 Å². The number of nitrogens with one attached hydrogen (secondary N) is 1. The third-order valence-electron chi connectivity index (χ3n) is 3.60. The molecular formula is C12H26N2O. The van der Waals surface area contributed by atoms with Gasteiger partial charge in [0.05, 0.1) is 6.61 Å². The number of rotatable bonds is 7. The second kappa shape index (κ2) is 7.20. The zero-order valence-electron chi connectivity index (χ0n) is 10.2. The van der Waals surface area contributed by atoms with Crippen LogP contribution in [0.25, 0.3) is 0 Å². The Morgan fingerprint density at radius 1 is 1.53 bits per heavy atom. The predicted molar refractivity (Wildman–Crippen MR) is 63.8 cm³/mol. The molecule has 3 atom stereocenters. The fourth-order valence-corrected chi connectivity index (χ4v) is 2.12. The topological polar surface area (TPSA) is 47.3 Å². The fourth-order valence-electron chi connectivity index (χ4n) is 2.12. The van der Waals surface area contributed by atoms with Crippen LogP contribution in [0, 0.1) is 11.8 Å². The monoisotopic (exact) mass is 214 g/mol. The lowest BCUT2D eigenvalue weighted by molar-refractivity contribution is 0.178. The molecule has 0 amide bonds. The molecule has 0 aliphatic carbocycles. The summed E-state index contributed by atoms with van der Waals surface area (Å²) in [5.74, 6) is 1.40. The summed E-state index contributed by atoms with van der Waals surface area (Å²) in [5, 5.41) is 3.59. The maximum absolute atomic E-state index is 5.67. The first-order chi connectivity index (χ1) is 7.27. The van der Waals surface area contributed by atoms with Crippen LogP contribution in [0.4, 0.5) is 0 Å². The first-order valence-electron chi connectivity index (χ1n) is 6.29. The van der Waals surface area contributed by atoms with E-state index >= 15 is 0 Å². The van der Waals surface area contributed by atoms with Crippen molar-refractivity contribution in [2.45, 2.75) is 39.2 Å². The van der Waals surface area contributed by atoms with E-state index < -0.39 is 0 Å². The lowest BCUT2D eigenvalue weighted by atomic mass is 9.99.